The number of ether oxygens (including phenoxy) is 1. The summed E-state index contributed by atoms with van der Waals surface area (Å²) in [6, 6.07) is 1.60. The monoisotopic (exact) mass is 393 g/mol. The fraction of sp³-hybridized carbons (Fsp3) is 0.294. The summed E-state index contributed by atoms with van der Waals surface area (Å²) < 4.78 is 46.3. The van der Waals surface area contributed by atoms with Crippen molar-refractivity contribution in [3.8, 4) is 5.88 Å². The normalized spacial score (nSPS) is 12.1. The summed E-state index contributed by atoms with van der Waals surface area (Å²) >= 11 is 0. The quantitative estimate of drug-likeness (QED) is 0.562. The van der Waals surface area contributed by atoms with Gasteiger partial charge in [0.2, 0.25) is 11.8 Å². The smallest absolute Gasteiger partial charge is 0.234 e. The average Bonchev–Trinajstić information content (AvgIpc) is 3.04. The van der Waals surface area contributed by atoms with Gasteiger partial charge in [0.1, 0.15) is 17.5 Å². The number of aromatic amines is 1. The predicted molar refractivity (Wildman–Crippen MR) is 95.8 cm³/mol. The van der Waals surface area contributed by atoms with Gasteiger partial charge in [0.05, 0.1) is 30.2 Å². The lowest BCUT2D eigenvalue weighted by atomic mass is 10.2. The van der Waals surface area contributed by atoms with E-state index >= 15 is 0 Å². The zero-order valence-electron chi connectivity index (χ0n) is 15.3. The summed E-state index contributed by atoms with van der Waals surface area (Å²) in [7, 11) is 0. The molecular formula is C17H18F3N7O. The second-order valence-corrected chi connectivity index (χ2v) is 6.19. The number of nitrogens with one attached hydrogen (secondary N) is 3. The number of anilines is 3. The van der Waals surface area contributed by atoms with Crippen LogP contribution in [0.15, 0.2) is 24.5 Å². The van der Waals surface area contributed by atoms with Crippen LogP contribution in [0.2, 0.25) is 0 Å². The maximum atomic E-state index is 14.0. The first-order chi connectivity index (χ1) is 13.3. The Kier molecular flexibility index (Phi) is 5.62. The molecule has 3 rings (SSSR count). The lowest BCUT2D eigenvalue weighted by molar-refractivity contribution is 0.232. The highest BCUT2D eigenvalue weighted by atomic mass is 19.1. The molecule has 0 aliphatic heterocycles. The van der Waals surface area contributed by atoms with Gasteiger partial charge in [0.25, 0.3) is 0 Å². The largest absolute Gasteiger partial charge is 0.474 e. The van der Waals surface area contributed by atoms with Crippen LogP contribution in [0.3, 0.4) is 0 Å². The maximum absolute atomic E-state index is 14.0. The molecule has 3 aromatic heterocycles. The molecule has 0 radical (unpaired) electrons. The van der Waals surface area contributed by atoms with Crippen LogP contribution in [-0.2, 0) is 0 Å². The van der Waals surface area contributed by atoms with E-state index in [9.17, 15) is 13.2 Å². The number of nitrogens with zero attached hydrogens (tertiary/aromatic N) is 4. The molecule has 0 saturated heterocycles. The first-order valence-electron chi connectivity index (χ1n) is 8.41. The topological polar surface area (TPSA) is 101 Å². The fourth-order valence-corrected chi connectivity index (χ4v) is 2.33. The minimum Gasteiger partial charge on any atom is -0.474 e. The van der Waals surface area contributed by atoms with E-state index in [2.05, 4.69) is 35.8 Å². The maximum Gasteiger partial charge on any atom is 0.234 e. The Bertz CT molecular complexity index is 964. The highest BCUT2D eigenvalue weighted by Gasteiger charge is 2.16. The van der Waals surface area contributed by atoms with Crippen molar-refractivity contribution in [1.82, 2.24) is 25.1 Å². The van der Waals surface area contributed by atoms with Crippen molar-refractivity contribution in [2.24, 2.45) is 0 Å². The van der Waals surface area contributed by atoms with Crippen LogP contribution in [0.5, 0.6) is 5.88 Å². The predicted octanol–water partition coefficient (Wildman–Crippen LogP) is 3.72. The number of hydrogen-bond acceptors (Lipinski definition) is 7. The number of rotatable bonds is 7. The molecule has 0 aliphatic rings. The molecule has 3 heterocycles. The molecule has 0 fully saturated rings. The molecule has 148 valence electrons. The van der Waals surface area contributed by atoms with Crippen molar-refractivity contribution in [2.75, 3.05) is 10.6 Å². The van der Waals surface area contributed by atoms with Crippen LogP contribution < -0.4 is 15.4 Å². The molecule has 0 amide bonds. The van der Waals surface area contributed by atoms with Gasteiger partial charge in [-0.3, -0.25) is 10.1 Å². The molecule has 3 N–H and O–H groups in total. The first kappa shape index (κ1) is 19.4. The van der Waals surface area contributed by atoms with E-state index in [4.69, 9.17) is 4.74 Å². The molecular weight excluding hydrogens is 375 g/mol. The third-order valence-electron chi connectivity index (χ3n) is 3.50. The SMILES string of the molecule is CC(C)Oc1cc(Nc2nc(N[C@@H](C)c3ncc(F)cc3F)ncc2F)[nH]n1. The molecule has 8 nitrogen and oxygen atoms in total. The highest BCUT2D eigenvalue weighted by molar-refractivity contribution is 5.54. The molecule has 3 aromatic rings. The molecule has 0 saturated carbocycles. The summed E-state index contributed by atoms with van der Waals surface area (Å²) in [6.45, 7) is 5.29. The Hall–Kier alpha value is -3.37. The Balaban J connectivity index is 1.74. The Morgan fingerprint density at radius 1 is 1.04 bits per heavy atom. The number of halogens is 3. The molecule has 0 aliphatic carbocycles. The molecule has 11 heteroatoms. The van der Waals surface area contributed by atoms with E-state index in [1.807, 2.05) is 13.8 Å². The number of hydrogen-bond donors (Lipinski definition) is 3. The van der Waals surface area contributed by atoms with E-state index in [0.29, 0.717) is 11.7 Å². The van der Waals surface area contributed by atoms with Crippen molar-refractivity contribution in [3.05, 3.63) is 47.7 Å². The van der Waals surface area contributed by atoms with Crippen LogP contribution in [0, 0.1) is 17.5 Å². The number of H-pyrrole nitrogens is 1. The van der Waals surface area contributed by atoms with Crippen molar-refractivity contribution in [2.45, 2.75) is 32.9 Å². The molecule has 0 aromatic carbocycles. The van der Waals surface area contributed by atoms with E-state index < -0.39 is 23.5 Å². The van der Waals surface area contributed by atoms with E-state index in [1.54, 1.807) is 13.0 Å². The minimum absolute atomic E-state index is 0.0205. The average molecular weight is 393 g/mol. The zero-order valence-corrected chi connectivity index (χ0v) is 15.3. The lowest BCUT2D eigenvalue weighted by Gasteiger charge is -2.14. The molecule has 28 heavy (non-hydrogen) atoms. The fourth-order valence-electron chi connectivity index (χ4n) is 2.33. The van der Waals surface area contributed by atoms with E-state index in [-0.39, 0.29) is 23.6 Å². The summed E-state index contributed by atoms with van der Waals surface area (Å²) in [5.74, 6) is -1.69. The Labute approximate surface area is 158 Å². The van der Waals surface area contributed by atoms with Gasteiger partial charge >= 0.3 is 0 Å². The second kappa shape index (κ2) is 8.11. The second-order valence-electron chi connectivity index (χ2n) is 6.19. The van der Waals surface area contributed by atoms with Crippen molar-refractivity contribution < 1.29 is 17.9 Å². The van der Waals surface area contributed by atoms with Gasteiger partial charge < -0.3 is 15.4 Å². The Morgan fingerprint density at radius 3 is 2.54 bits per heavy atom. The Morgan fingerprint density at radius 2 is 1.82 bits per heavy atom. The van der Waals surface area contributed by atoms with Gasteiger partial charge in [-0.15, -0.1) is 5.10 Å². The standard InChI is InChI=1S/C17H18F3N7O/c1-8(2)28-14-5-13(26-27-14)24-16-12(20)7-22-17(25-16)23-9(3)15-11(19)4-10(18)6-21-15/h4-9H,1-3H3,(H3,22,23,24,25,26,27)/t9-/m0/s1. The zero-order chi connectivity index (χ0) is 20.3. The van der Waals surface area contributed by atoms with Crippen LogP contribution >= 0.6 is 0 Å². The van der Waals surface area contributed by atoms with Crippen molar-refractivity contribution in [1.29, 1.82) is 0 Å². The van der Waals surface area contributed by atoms with E-state index in [0.717, 1.165) is 18.5 Å². The van der Waals surface area contributed by atoms with Crippen LogP contribution in [-0.4, -0.2) is 31.3 Å². The number of pyridine rings is 1. The van der Waals surface area contributed by atoms with Crippen molar-refractivity contribution >= 4 is 17.6 Å². The van der Waals surface area contributed by atoms with Crippen LogP contribution in [0.4, 0.5) is 30.8 Å². The van der Waals surface area contributed by atoms with Crippen LogP contribution in [0.25, 0.3) is 0 Å². The van der Waals surface area contributed by atoms with Crippen LogP contribution in [0.1, 0.15) is 32.5 Å². The number of aromatic nitrogens is 5. The molecule has 0 spiro atoms. The summed E-state index contributed by atoms with van der Waals surface area (Å²) in [4.78, 5) is 11.6. The van der Waals surface area contributed by atoms with Gasteiger partial charge in [-0.1, -0.05) is 0 Å². The third-order valence-corrected chi connectivity index (χ3v) is 3.50. The van der Waals surface area contributed by atoms with Gasteiger partial charge in [-0.05, 0) is 20.8 Å². The summed E-state index contributed by atoms with van der Waals surface area (Å²) in [6.07, 6.45) is 1.80. The van der Waals surface area contributed by atoms with E-state index in [1.165, 1.54) is 0 Å². The lowest BCUT2D eigenvalue weighted by Crippen LogP contribution is -2.14. The molecule has 1 atom stereocenters. The summed E-state index contributed by atoms with van der Waals surface area (Å²) in [5, 5.41) is 12.1. The highest BCUT2D eigenvalue weighted by Crippen LogP contribution is 2.23. The molecule has 0 bridgehead atoms. The van der Waals surface area contributed by atoms with Gasteiger partial charge in [-0.2, -0.15) is 4.98 Å². The third kappa shape index (κ3) is 4.67. The van der Waals surface area contributed by atoms with Gasteiger partial charge in [0.15, 0.2) is 11.6 Å². The summed E-state index contributed by atoms with van der Waals surface area (Å²) in [5.41, 5.74) is -0.0205. The molecule has 0 unspecified atom stereocenters. The van der Waals surface area contributed by atoms with Gasteiger partial charge in [-0.25, -0.2) is 18.2 Å². The first-order valence-corrected chi connectivity index (χ1v) is 8.41. The van der Waals surface area contributed by atoms with Crippen molar-refractivity contribution in [3.63, 3.8) is 0 Å². The van der Waals surface area contributed by atoms with Gasteiger partial charge in [0, 0.05) is 12.1 Å². The minimum atomic E-state index is -0.810.